The quantitative estimate of drug-likeness (QED) is 0.530. The maximum absolute atomic E-state index is 10.7. The number of imidazole rings is 1. The number of halogens is 1. The molecule has 25 heavy (non-hydrogen) atoms. The van der Waals surface area contributed by atoms with Crippen molar-refractivity contribution in [3.8, 4) is 11.3 Å². The van der Waals surface area contributed by atoms with Gasteiger partial charge < -0.3 is 14.7 Å². The van der Waals surface area contributed by atoms with E-state index in [-0.39, 0.29) is 5.75 Å². The lowest BCUT2D eigenvalue weighted by Crippen LogP contribution is -1.97. The summed E-state index contributed by atoms with van der Waals surface area (Å²) in [5.41, 5.74) is 3.89. The van der Waals surface area contributed by atoms with E-state index >= 15 is 0 Å². The van der Waals surface area contributed by atoms with Crippen molar-refractivity contribution in [2.75, 3.05) is 5.75 Å². The van der Waals surface area contributed by atoms with E-state index in [4.69, 9.17) is 16.7 Å². The van der Waals surface area contributed by atoms with E-state index in [0.29, 0.717) is 27.0 Å². The van der Waals surface area contributed by atoms with Crippen LogP contribution < -0.4 is 0 Å². The molecule has 0 aliphatic heterocycles. The van der Waals surface area contributed by atoms with Crippen molar-refractivity contribution in [3.05, 3.63) is 41.6 Å². The SMILES string of the molecule is Cn1ccc2cc(-c3nc4nc(SCC(=O)O)[nH]c4cc3Cl)ccc21. The lowest BCUT2D eigenvalue weighted by atomic mass is 10.1. The number of rotatable bonds is 4. The minimum atomic E-state index is -0.895. The van der Waals surface area contributed by atoms with Crippen molar-refractivity contribution >= 4 is 51.4 Å². The van der Waals surface area contributed by atoms with Crippen LogP contribution >= 0.6 is 23.4 Å². The van der Waals surface area contributed by atoms with Crippen LogP contribution in [-0.2, 0) is 11.8 Å². The fraction of sp³-hybridized carbons (Fsp3) is 0.118. The number of aromatic nitrogens is 4. The molecule has 0 radical (unpaired) electrons. The smallest absolute Gasteiger partial charge is 0.313 e. The first-order valence-electron chi connectivity index (χ1n) is 7.47. The van der Waals surface area contributed by atoms with Crippen molar-refractivity contribution in [1.82, 2.24) is 19.5 Å². The van der Waals surface area contributed by atoms with Gasteiger partial charge in [0.2, 0.25) is 0 Å². The van der Waals surface area contributed by atoms with Gasteiger partial charge in [-0.15, -0.1) is 0 Å². The van der Waals surface area contributed by atoms with Crippen LogP contribution in [0.5, 0.6) is 0 Å². The summed E-state index contributed by atoms with van der Waals surface area (Å²) in [6.07, 6.45) is 2.01. The van der Waals surface area contributed by atoms with Crippen molar-refractivity contribution in [2.24, 2.45) is 7.05 Å². The molecule has 1 aromatic carbocycles. The Kier molecular flexibility index (Phi) is 3.89. The standard InChI is InChI=1S/C17H13ClN4O2S/c1-22-5-4-9-6-10(2-3-13(9)22)15-11(18)7-12-16(20-15)21-17(19-12)25-8-14(23)24/h2-7H,8H2,1H3,(H,23,24)(H,19,20,21). The fourth-order valence-corrected chi connectivity index (χ4v) is 3.58. The van der Waals surface area contributed by atoms with E-state index in [1.54, 1.807) is 6.07 Å². The molecule has 0 aliphatic rings. The molecule has 126 valence electrons. The average molecular weight is 373 g/mol. The van der Waals surface area contributed by atoms with Gasteiger partial charge in [-0.25, -0.2) is 9.97 Å². The van der Waals surface area contributed by atoms with Gasteiger partial charge in [-0.1, -0.05) is 29.4 Å². The molecule has 3 aromatic heterocycles. The van der Waals surface area contributed by atoms with Crippen LogP contribution in [0.1, 0.15) is 0 Å². The summed E-state index contributed by atoms with van der Waals surface area (Å²) >= 11 is 7.53. The maximum atomic E-state index is 10.7. The van der Waals surface area contributed by atoms with E-state index in [9.17, 15) is 4.79 Å². The molecule has 6 nitrogen and oxygen atoms in total. The second kappa shape index (κ2) is 6.09. The first kappa shape index (κ1) is 16.0. The molecule has 0 amide bonds. The van der Waals surface area contributed by atoms with Gasteiger partial charge in [-0.3, -0.25) is 4.79 Å². The normalized spacial score (nSPS) is 11.4. The number of carboxylic acid groups (broad SMARTS) is 1. The lowest BCUT2D eigenvalue weighted by molar-refractivity contribution is -0.133. The van der Waals surface area contributed by atoms with Crippen LogP contribution in [0, 0.1) is 0 Å². The molecule has 4 aromatic rings. The van der Waals surface area contributed by atoms with Crippen LogP contribution in [0.3, 0.4) is 0 Å². The summed E-state index contributed by atoms with van der Waals surface area (Å²) in [6.45, 7) is 0. The van der Waals surface area contributed by atoms with Crippen molar-refractivity contribution in [1.29, 1.82) is 0 Å². The molecule has 0 saturated carbocycles. The number of aliphatic carboxylic acids is 1. The Morgan fingerprint density at radius 2 is 2.16 bits per heavy atom. The summed E-state index contributed by atoms with van der Waals surface area (Å²) in [5, 5.41) is 10.9. The number of pyridine rings is 1. The Morgan fingerprint density at radius 3 is 2.96 bits per heavy atom. The molecule has 3 heterocycles. The average Bonchev–Trinajstić information content (AvgIpc) is 3.15. The molecule has 2 N–H and O–H groups in total. The second-order valence-electron chi connectivity index (χ2n) is 5.61. The summed E-state index contributed by atoms with van der Waals surface area (Å²) in [4.78, 5) is 22.6. The molecule has 0 spiro atoms. The predicted molar refractivity (Wildman–Crippen MR) is 99.2 cm³/mol. The van der Waals surface area contributed by atoms with Crippen LogP contribution in [0.15, 0.2) is 41.7 Å². The summed E-state index contributed by atoms with van der Waals surface area (Å²) < 4.78 is 2.05. The van der Waals surface area contributed by atoms with E-state index in [1.807, 2.05) is 37.5 Å². The highest BCUT2D eigenvalue weighted by molar-refractivity contribution is 7.99. The lowest BCUT2D eigenvalue weighted by Gasteiger charge is -2.05. The molecule has 0 unspecified atom stereocenters. The Bertz CT molecular complexity index is 1120. The number of hydrogen-bond donors (Lipinski definition) is 2. The molecule has 0 aliphatic carbocycles. The minimum Gasteiger partial charge on any atom is -0.481 e. The van der Waals surface area contributed by atoms with E-state index in [2.05, 4.69) is 19.5 Å². The van der Waals surface area contributed by atoms with E-state index in [1.165, 1.54) is 0 Å². The summed E-state index contributed by atoms with van der Waals surface area (Å²) in [5.74, 6) is -0.959. The maximum Gasteiger partial charge on any atom is 0.313 e. The predicted octanol–water partition coefficient (Wildman–Crippen LogP) is 3.95. The van der Waals surface area contributed by atoms with Crippen LogP contribution in [0.4, 0.5) is 0 Å². The topological polar surface area (TPSA) is 83.8 Å². The highest BCUT2D eigenvalue weighted by Gasteiger charge is 2.13. The number of thioether (sulfide) groups is 1. The molecule has 0 saturated heterocycles. The number of H-pyrrole nitrogens is 1. The Hall–Kier alpha value is -2.51. The molecule has 0 fully saturated rings. The van der Waals surface area contributed by atoms with Gasteiger partial charge in [0.25, 0.3) is 0 Å². The van der Waals surface area contributed by atoms with E-state index < -0.39 is 5.97 Å². The van der Waals surface area contributed by atoms with Gasteiger partial charge in [0.1, 0.15) is 0 Å². The zero-order valence-corrected chi connectivity index (χ0v) is 14.7. The largest absolute Gasteiger partial charge is 0.481 e. The third kappa shape index (κ3) is 2.96. The number of benzene rings is 1. The molecule has 4 rings (SSSR count). The van der Waals surface area contributed by atoms with Crippen LogP contribution in [0.25, 0.3) is 33.3 Å². The van der Waals surface area contributed by atoms with Gasteiger partial charge >= 0.3 is 5.97 Å². The summed E-state index contributed by atoms with van der Waals surface area (Å²) in [7, 11) is 2.00. The number of aromatic amines is 1. The number of fused-ring (bicyclic) bond motifs is 2. The third-order valence-corrected chi connectivity index (χ3v) is 5.04. The first-order chi connectivity index (χ1) is 12.0. The number of nitrogens with one attached hydrogen (secondary N) is 1. The highest BCUT2D eigenvalue weighted by Crippen LogP contribution is 2.31. The van der Waals surface area contributed by atoms with Gasteiger partial charge in [-0.05, 0) is 24.3 Å². The number of nitrogens with zero attached hydrogens (tertiary/aromatic N) is 3. The fourth-order valence-electron chi connectivity index (χ4n) is 2.73. The van der Waals surface area contributed by atoms with Crippen LogP contribution in [0.2, 0.25) is 5.02 Å². The molecule has 0 atom stereocenters. The van der Waals surface area contributed by atoms with Crippen molar-refractivity contribution in [3.63, 3.8) is 0 Å². The third-order valence-electron chi connectivity index (χ3n) is 3.90. The van der Waals surface area contributed by atoms with E-state index in [0.717, 1.165) is 28.2 Å². The second-order valence-corrected chi connectivity index (χ2v) is 6.99. The zero-order chi connectivity index (χ0) is 17.6. The minimum absolute atomic E-state index is 0.0644. The number of aryl methyl sites for hydroxylation is 1. The monoisotopic (exact) mass is 372 g/mol. The summed E-state index contributed by atoms with van der Waals surface area (Å²) in [6, 6.07) is 9.87. The van der Waals surface area contributed by atoms with Gasteiger partial charge in [0.05, 0.1) is 22.0 Å². The first-order valence-corrected chi connectivity index (χ1v) is 8.84. The van der Waals surface area contributed by atoms with Crippen molar-refractivity contribution in [2.45, 2.75) is 5.16 Å². The zero-order valence-electron chi connectivity index (χ0n) is 13.2. The molecular weight excluding hydrogens is 360 g/mol. The molecular formula is C17H13ClN4O2S. The molecule has 8 heteroatoms. The van der Waals surface area contributed by atoms with Gasteiger partial charge in [0, 0.05) is 29.7 Å². The van der Waals surface area contributed by atoms with Gasteiger partial charge in [-0.2, -0.15) is 0 Å². The highest BCUT2D eigenvalue weighted by atomic mass is 35.5. The number of hydrogen-bond acceptors (Lipinski definition) is 4. The Morgan fingerprint density at radius 1 is 1.32 bits per heavy atom. The van der Waals surface area contributed by atoms with Gasteiger partial charge in [0.15, 0.2) is 10.8 Å². The number of carbonyl (C=O) groups is 1. The number of carboxylic acids is 1. The molecule has 0 bridgehead atoms. The Labute approximate surface area is 151 Å². The Balaban J connectivity index is 1.77. The van der Waals surface area contributed by atoms with Crippen LogP contribution in [-0.4, -0.2) is 36.3 Å². The van der Waals surface area contributed by atoms with Crippen molar-refractivity contribution < 1.29 is 9.90 Å².